The SMILES string of the molecule is O=S(=O)(c1ccc2c(c1)CCN2S(=O)(=O)c1ccc2c(c1)OCCO2)c1ccc2c(c1)OCCO2. The molecule has 0 saturated heterocycles. The first kappa shape index (κ1) is 22.1. The van der Waals surface area contributed by atoms with E-state index in [4.69, 9.17) is 18.9 Å². The standard InChI is InChI=1S/C24H21NO8S2/c26-34(27,18-2-5-21-23(14-18)32-11-9-30-21)17-1-4-20-16(13-17)7-8-25(20)35(28,29)19-3-6-22-24(15-19)33-12-10-31-22/h1-6,13-15H,7-12H2. The van der Waals surface area contributed by atoms with E-state index in [1.54, 1.807) is 24.3 Å². The first-order valence-electron chi connectivity index (χ1n) is 11.0. The van der Waals surface area contributed by atoms with Crippen LogP contribution < -0.4 is 23.3 Å². The molecule has 3 aromatic rings. The number of hydrogen-bond acceptors (Lipinski definition) is 8. The fraction of sp³-hybridized carbons (Fsp3) is 0.250. The third-order valence-electron chi connectivity index (χ3n) is 6.14. The third kappa shape index (κ3) is 3.66. The number of sulfonamides is 1. The molecule has 11 heteroatoms. The van der Waals surface area contributed by atoms with Crippen LogP contribution >= 0.6 is 0 Å². The molecule has 3 aromatic carbocycles. The minimum absolute atomic E-state index is 0.0838. The molecular formula is C24H21NO8S2. The van der Waals surface area contributed by atoms with Crippen molar-refractivity contribution in [2.75, 3.05) is 37.3 Å². The van der Waals surface area contributed by atoms with Gasteiger partial charge in [-0.15, -0.1) is 0 Å². The summed E-state index contributed by atoms with van der Waals surface area (Å²) in [4.78, 5) is 0.259. The van der Waals surface area contributed by atoms with Gasteiger partial charge in [-0.3, -0.25) is 4.31 Å². The lowest BCUT2D eigenvalue weighted by Gasteiger charge is -2.22. The first-order chi connectivity index (χ1) is 16.8. The average molecular weight is 516 g/mol. The Kier molecular flexibility index (Phi) is 5.08. The van der Waals surface area contributed by atoms with E-state index in [9.17, 15) is 16.8 Å². The fourth-order valence-corrected chi connectivity index (χ4v) is 7.25. The van der Waals surface area contributed by atoms with E-state index in [1.807, 2.05) is 0 Å². The second-order valence-electron chi connectivity index (χ2n) is 8.23. The van der Waals surface area contributed by atoms with Crippen molar-refractivity contribution in [3.8, 4) is 23.0 Å². The molecule has 0 amide bonds. The molecule has 0 fully saturated rings. The summed E-state index contributed by atoms with van der Waals surface area (Å²) in [7, 11) is -7.72. The summed E-state index contributed by atoms with van der Waals surface area (Å²) in [5.41, 5.74) is 1.10. The number of benzene rings is 3. The summed E-state index contributed by atoms with van der Waals surface area (Å²) in [5.74, 6) is 1.78. The predicted molar refractivity (Wildman–Crippen MR) is 125 cm³/mol. The van der Waals surface area contributed by atoms with Gasteiger partial charge in [-0.1, -0.05) is 0 Å². The van der Waals surface area contributed by atoms with Gasteiger partial charge in [0.1, 0.15) is 26.4 Å². The number of nitrogens with zero attached hydrogens (tertiary/aromatic N) is 1. The third-order valence-corrected chi connectivity index (χ3v) is 9.70. The highest BCUT2D eigenvalue weighted by Gasteiger charge is 2.33. The van der Waals surface area contributed by atoms with Crippen LogP contribution in [-0.2, 0) is 26.3 Å². The maximum Gasteiger partial charge on any atom is 0.264 e. The molecular weight excluding hydrogens is 494 g/mol. The lowest BCUT2D eigenvalue weighted by atomic mass is 10.2. The van der Waals surface area contributed by atoms with Gasteiger partial charge in [0.25, 0.3) is 10.0 Å². The van der Waals surface area contributed by atoms with E-state index in [1.165, 1.54) is 34.6 Å². The molecule has 3 aliphatic heterocycles. The van der Waals surface area contributed by atoms with Crippen molar-refractivity contribution >= 4 is 25.5 Å². The van der Waals surface area contributed by atoms with E-state index in [0.29, 0.717) is 67.1 Å². The molecule has 35 heavy (non-hydrogen) atoms. The van der Waals surface area contributed by atoms with Crippen molar-refractivity contribution < 1.29 is 35.8 Å². The summed E-state index contributed by atoms with van der Waals surface area (Å²) < 4.78 is 76.7. The molecule has 0 radical (unpaired) electrons. The molecule has 0 N–H and O–H groups in total. The van der Waals surface area contributed by atoms with E-state index in [-0.39, 0.29) is 21.2 Å². The van der Waals surface area contributed by atoms with E-state index in [2.05, 4.69) is 0 Å². The molecule has 9 nitrogen and oxygen atoms in total. The van der Waals surface area contributed by atoms with Crippen molar-refractivity contribution in [2.24, 2.45) is 0 Å². The maximum absolute atomic E-state index is 13.4. The fourth-order valence-electron chi connectivity index (χ4n) is 4.40. The Morgan fingerprint density at radius 1 is 0.600 bits per heavy atom. The predicted octanol–water partition coefficient (Wildman–Crippen LogP) is 2.81. The van der Waals surface area contributed by atoms with Crippen LogP contribution in [0.4, 0.5) is 5.69 Å². The van der Waals surface area contributed by atoms with Crippen molar-refractivity contribution in [1.29, 1.82) is 0 Å². The van der Waals surface area contributed by atoms with Gasteiger partial charge in [0, 0.05) is 18.7 Å². The first-order valence-corrected chi connectivity index (χ1v) is 14.0. The molecule has 0 aromatic heterocycles. The van der Waals surface area contributed by atoms with Crippen LogP contribution in [0.3, 0.4) is 0 Å². The monoisotopic (exact) mass is 515 g/mol. The Morgan fingerprint density at radius 2 is 1.11 bits per heavy atom. The van der Waals surface area contributed by atoms with Crippen molar-refractivity contribution in [1.82, 2.24) is 0 Å². The number of ether oxygens (including phenoxy) is 4. The topological polar surface area (TPSA) is 108 Å². The lowest BCUT2D eigenvalue weighted by molar-refractivity contribution is 0.171. The zero-order valence-corrected chi connectivity index (χ0v) is 20.1. The molecule has 0 spiro atoms. The summed E-state index contributed by atoms with van der Waals surface area (Å²) in [6.45, 7) is 1.73. The van der Waals surface area contributed by atoms with Gasteiger partial charge in [0.2, 0.25) is 9.84 Å². The highest BCUT2D eigenvalue weighted by atomic mass is 32.2. The Balaban J connectivity index is 1.32. The molecule has 3 aliphatic rings. The van der Waals surface area contributed by atoms with Crippen LogP contribution in [0.5, 0.6) is 23.0 Å². The maximum atomic E-state index is 13.4. The molecule has 0 aliphatic carbocycles. The van der Waals surface area contributed by atoms with Crippen LogP contribution in [0.25, 0.3) is 0 Å². The Labute approximate surface area is 202 Å². The van der Waals surface area contributed by atoms with Crippen molar-refractivity contribution in [3.63, 3.8) is 0 Å². The van der Waals surface area contributed by atoms with Gasteiger partial charge >= 0.3 is 0 Å². The minimum Gasteiger partial charge on any atom is -0.486 e. The largest absolute Gasteiger partial charge is 0.486 e. The highest BCUT2D eigenvalue weighted by molar-refractivity contribution is 7.93. The summed E-state index contributed by atoms with van der Waals surface area (Å²) in [6, 6.07) is 13.6. The van der Waals surface area contributed by atoms with Crippen molar-refractivity contribution in [2.45, 2.75) is 21.1 Å². The number of hydrogen-bond donors (Lipinski definition) is 0. The van der Waals surface area contributed by atoms with Crippen LogP contribution in [-0.4, -0.2) is 49.8 Å². The summed E-state index contributed by atoms with van der Waals surface area (Å²) in [6.07, 6.45) is 0.392. The molecule has 0 atom stereocenters. The summed E-state index contributed by atoms with van der Waals surface area (Å²) >= 11 is 0. The van der Waals surface area contributed by atoms with Gasteiger partial charge < -0.3 is 18.9 Å². The number of rotatable bonds is 4. The molecule has 3 heterocycles. The lowest BCUT2D eigenvalue weighted by Crippen LogP contribution is -2.29. The van der Waals surface area contributed by atoms with Gasteiger partial charge in [-0.2, -0.15) is 0 Å². The smallest absolute Gasteiger partial charge is 0.264 e. The summed E-state index contributed by atoms with van der Waals surface area (Å²) in [5, 5.41) is 0. The number of anilines is 1. The van der Waals surface area contributed by atoms with Crippen molar-refractivity contribution in [3.05, 3.63) is 60.2 Å². The normalized spacial score (nSPS) is 16.6. The van der Waals surface area contributed by atoms with Gasteiger partial charge in [-0.25, -0.2) is 16.8 Å². The van der Waals surface area contributed by atoms with Gasteiger partial charge in [-0.05, 0) is 54.4 Å². The van der Waals surface area contributed by atoms with E-state index >= 15 is 0 Å². The van der Waals surface area contributed by atoms with E-state index < -0.39 is 19.9 Å². The number of fused-ring (bicyclic) bond motifs is 3. The van der Waals surface area contributed by atoms with Crippen LogP contribution in [0, 0.1) is 0 Å². The molecule has 0 unspecified atom stereocenters. The minimum atomic E-state index is -3.88. The second-order valence-corrected chi connectivity index (χ2v) is 12.0. The molecule has 182 valence electrons. The Morgan fingerprint density at radius 3 is 1.77 bits per heavy atom. The quantitative estimate of drug-likeness (QED) is 0.522. The highest BCUT2D eigenvalue weighted by Crippen LogP contribution is 2.39. The second kappa shape index (κ2) is 8.06. The average Bonchev–Trinajstić information content (AvgIpc) is 3.32. The van der Waals surface area contributed by atoms with Crippen LogP contribution in [0.1, 0.15) is 5.56 Å². The Bertz CT molecular complexity index is 1550. The van der Waals surface area contributed by atoms with Gasteiger partial charge in [0.05, 0.1) is 20.4 Å². The molecule has 0 saturated carbocycles. The molecule has 6 rings (SSSR count). The molecule has 0 bridgehead atoms. The number of sulfone groups is 1. The van der Waals surface area contributed by atoms with Crippen LogP contribution in [0.2, 0.25) is 0 Å². The van der Waals surface area contributed by atoms with E-state index in [0.717, 1.165) is 0 Å². The zero-order chi connectivity index (χ0) is 24.2. The van der Waals surface area contributed by atoms with Gasteiger partial charge in [0.15, 0.2) is 23.0 Å². The zero-order valence-electron chi connectivity index (χ0n) is 18.5. The Hall–Kier alpha value is -3.44. The van der Waals surface area contributed by atoms with Crippen LogP contribution in [0.15, 0.2) is 69.3 Å².